The number of sulfonamides is 1. The van der Waals surface area contributed by atoms with Crippen LogP contribution in [0.25, 0.3) is 0 Å². The topological polar surface area (TPSA) is 57.7 Å². The summed E-state index contributed by atoms with van der Waals surface area (Å²) in [5.41, 5.74) is 0.446. The van der Waals surface area contributed by atoms with Crippen molar-refractivity contribution in [2.75, 3.05) is 13.6 Å². The molecule has 0 radical (unpaired) electrons. The lowest BCUT2D eigenvalue weighted by Crippen LogP contribution is -2.42. The lowest BCUT2D eigenvalue weighted by Gasteiger charge is -2.32. The number of hydrogen-bond acceptors (Lipinski definition) is 3. The van der Waals surface area contributed by atoms with E-state index in [4.69, 9.17) is 11.6 Å². The molecule has 8 heteroatoms. The molecule has 1 heterocycles. The predicted octanol–water partition coefficient (Wildman–Crippen LogP) is 4.31. The third-order valence-electron chi connectivity index (χ3n) is 5.23. The van der Waals surface area contributed by atoms with Crippen molar-refractivity contribution < 1.29 is 17.6 Å². The standard InChI is InChI=1S/C21H24ClFN2O3S/c1-15-7-3-4-12-25(15)29(27,28)17-9-5-8-16(13-17)21(26)24(2)14-18-19(22)10-6-11-20(18)23/h5-6,8-11,13,15H,3-4,7,12,14H2,1-2H3. The second kappa shape index (κ2) is 8.81. The fourth-order valence-corrected chi connectivity index (χ4v) is 5.54. The molecule has 156 valence electrons. The van der Waals surface area contributed by atoms with Crippen LogP contribution in [0.15, 0.2) is 47.4 Å². The van der Waals surface area contributed by atoms with Crippen LogP contribution in [0.2, 0.25) is 5.02 Å². The van der Waals surface area contributed by atoms with Crippen LogP contribution < -0.4 is 0 Å². The van der Waals surface area contributed by atoms with E-state index >= 15 is 0 Å². The Hall–Kier alpha value is -1.96. The maximum atomic E-state index is 14.0. The van der Waals surface area contributed by atoms with Gasteiger partial charge in [-0.1, -0.05) is 30.2 Å². The first-order valence-corrected chi connectivity index (χ1v) is 11.3. The van der Waals surface area contributed by atoms with Crippen LogP contribution >= 0.6 is 11.6 Å². The van der Waals surface area contributed by atoms with E-state index in [1.54, 1.807) is 18.2 Å². The first-order chi connectivity index (χ1) is 13.7. The van der Waals surface area contributed by atoms with Gasteiger partial charge in [0.2, 0.25) is 10.0 Å². The van der Waals surface area contributed by atoms with Gasteiger partial charge in [0.05, 0.1) is 4.90 Å². The summed E-state index contributed by atoms with van der Waals surface area (Å²) in [5, 5.41) is 0.236. The Morgan fingerprint density at radius 2 is 1.97 bits per heavy atom. The summed E-state index contributed by atoms with van der Waals surface area (Å²) in [6, 6.07) is 10.3. The number of halogens is 2. The van der Waals surface area contributed by atoms with Crippen LogP contribution in [0, 0.1) is 5.82 Å². The molecule has 0 aliphatic carbocycles. The fraction of sp³-hybridized carbons (Fsp3) is 0.381. The Balaban J connectivity index is 1.84. The molecule has 0 N–H and O–H groups in total. The molecule has 5 nitrogen and oxygen atoms in total. The van der Waals surface area contributed by atoms with Crippen molar-refractivity contribution in [1.82, 2.24) is 9.21 Å². The summed E-state index contributed by atoms with van der Waals surface area (Å²) < 4.78 is 41.6. The van der Waals surface area contributed by atoms with Crippen molar-refractivity contribution in [2.24, 2.45) is 0 Å². The fourth-order valence-electron chi connectivity index (χ4n) is 3.57. The summed E-state index contributed by atoms with van der Waals surface area (Å²) in [7, 11) is -2.16. The van der Waals surface area contributed by atoms with Crippen molar-refractivity contribution in [1.29, 1.82) is 0 Å². The normalized spacial score (nSPS) is 17.9. The van der Waals surface area contributed by atoms with E-state index in [1.807, 2.05) is 6.92 Å². The maximum absolute atomic E-state index is 14.0. The van der Waals surface area contributed by atoms with Gasteiger partial charge in [-0.25, -0.2) is 12.8 Å². The van der Waals surface area contributed by atoms with E-state index < -0.39 is 21.7 Å². The predicted molar refractivity (Wildman–Crippen MR) is 111 cm³/mol. The molecule has 0 spiro atoms. The number of piperidine rings is 1. The van der Waals surface area contributed by atoms with Crippen molar-refractivity contribution >= 4 is 27.5 Å². The Morgan fingerprint density at radius 1 is 1.24 bits per heavy atom. The molecule has 2 aromatic rings. The average molecular weight is 439 g/mol. The minimum absolute atomic E-state index is 0.0233. The molecular formula is C21H24ClFN2O3S. The lowest BCUT2D eigenvalue weighted by molar-refractivity contribution is 0.0783. The Bertz CT molecular complexity index is 992. The third-order valence-corrected chi connectivity index (χ3v) is 7.60. The van der Waals surface area contributed by atoms with Gasteiger partial charge in [0.1, 0.15) is 5.82 Å². The molecule has 1 fully saturated rings. The zero-order chi connectivity index (χ0) is 21.2. The molecule has 3 rings (SSSR count). The van der Waals surface area contributed by atoms with E-state index in [1.165, 1.54) is 40.5 Å². The number of hydrogen-bond donors (Lipinski definition) is 0. The van der Waals surface area contributed by atoms with Gasteiger partial charge in [0.15, 0.2) is 0 Å². The molecule has 1 aliphatic rings. The molecule has 0 aromatic heterocycles. The Labute approximate surface area is 176 Å². The SMILES string of the molecule is CC1CCCCN1S(=O)(=O)c1cccc(C(=O)N(C)Cc2c(F)cccc2Cl)c1. The molecule has 1 aliphatic heterocycles. The van der Waals surface area contributed by atoms with Crippen LogP contribution in [0.4, 0.5) is 4.39 Å². The van der Waals surface area contributed by atoms with Gasteiger partial charge < -0.3 is 4.90 Å². The highest BCUT2D eigenvalue weighted by Crippen LogP contribution is 2.26. The van der Waals surface area contributed by atoms with Crippen LogP contribution in [0.5, 0.6) is 0 Å². The highest BCUT2D eigenvalue weighted by atomic mass is 35.5. The largest absolute Gasteiger partial charge is 0.337 e. The second-order valence-electron chi connectivity index (χ2n) is 7.35. The number of rotatable bonds is 5. The van der Waals surface area contributed by atoms with Crippen molar-refractivity contribution in [3.05, 3.63) is 64.4 Å². The summed E-state index contributed by atoms with van der Waals surface area (Å²) in [6.07, 6.45) is 2.66. The minimum Gasteiger partial charge on any atom is -0.337 e. The van der Waals surface area contributed by atoms with Gasteiger partial charge in [-0.3, -0.25) is 4.79 Å². The zero-order valence-corrected chi connectivity index (χ0v) is 18.0. The zero-order valence-electron chi connectivity index (χ0n) is 16.4. The number of amides is 1. The first-order valence-electron chi connectivity index (χ1n) is 9.52. The number of benzene rings is 2. The van der Waals surface area contributed by atoms with Crippen molar-refractivity contribution in [2.45, 2.75) is 43.7 Å². The van der Waals surface area contributed by atoms with Gasteiger partial charge in [0, 0.05) is 42.3 Å². The molecule has 1 atom stereocenters. The van der Waals surface area contributed by atoms with Crippen LogP contribution in [-0.2, 0) is 16.6 Å². The molecule has 29 heavy (non-hydrogen) atoms. The van der Waals surface area contributed by atoms with E-state index in [0.717, 1.165) is 19.3 Å². The summed E-state index contributed by atoms with van der Waals surface area (Å²) >= 11 is 6.05. The van der Waals surface area contributed by atoms with Gasteiger partial charge in [-0.05, 0) is 50.1 Å². The first kappa shape index (κ1) is 21.7. The van der Waals surface area contributed by atoms with Gasteiger partial charge in [0.25, 0.3) is 5.91 Å². The number of nitrogens with zero attached hydrogens (tertiary/aromatic N) is 2. The minimum atomic E-state index is -3.68. The summed E-state index contributed by atoms with van der Waals surface area (Å²) in [5.74, 6) is -0.902. The number of carbonyl (C=O) groups excluding carboxylic acids is 1. The number of carbonyl (C=O) groups is 1. The molecule has 0 bridgehead atoms. The van der Waals surface area contributed by atoms with E-state index in [2.05, 4.69) is 0 Å². The second-order valence-corrected chi connectivity index (χ2v) is 9.65. The van der Waals surface area contributed by atoms with E-state index in [9.17, 15) is 17.6 Å². The van der Waals surface area contributed by atoms with Gasteiger partial charge >= 0.3 is 0 Å². The van der Waals surface area contributed by atoms with E-state index in [-0.39, 0.29) is 33.6 Å². The van der Waals surface area contributed by atoms with Crippen molar-refractivity contribution in [3.8, 4) is 0 Å². The summed E-state index contributed by atoms with van der Waals surface area (Å²) in [6.45, 7) is 2.36. The third kappa shape index (κ3) is 4.63. The van der Waals surface area contributed by atoms with Crippen LogP contribution in [0.1, 0.15) is 42.1 Å². The van der Waals surface area contributed by atoms with Crippen LogP contribution in [-0.4, -0.2) is 43.2 Å². The highest BCUT2D eigenvalue weighted by Gasteiger charge is 2.31. The molecular weight excluding hydrogens is 415 g/mol. The highest BCUT2D eigenvalue weighted by molar-refractivity contribution is 7.89. The molecule has 0 saturated carbocycles. The van der Waals surface area contributed by atoms with Gasteiger partial charge in [-0.2, -0.15) is 4.31 Å². The maximum Gasteiger partial charge on any atom is 0.253 e. The molecule has 1 saturated heterocycles. The average Bonchev–Trinajstić information content (AvgIpc) is 2.70. The molecule has 2 aromatic carbocycles. The Morgan fingerprint density at radius 3 is 2.66 bits per heavy atom. The monoisotopic (exact) mass is 438 g/mol. The van der Waals surface area contributed by atoms with Crippen LogP contribution in [0.3, 0.4) is 0 Å². The Kier molecular flexibility index (Phi) is 6.61. The lowest BCUT2D eigenvalue weighted by atomic mass is 10.1. The summed E-state index contributed by atoms with van der Waals surface area (Å²) in [4.78, 5) is 14.3. The van der Waals surface area contributed by atoms with E-state index in [0.29, 0.717) is 6.54 Å². The molecule has 1 amide bonds. The quantitative estimate of drug-likeness (QED) is 0.698. The molecule has 1 unspecified atom stereocenters. The van der Waals surface area contributed by atoms with Crippen molar-refractivity contribution in [3.63, 3.8) is 0 Å². The van der Waals surface area contributed by atoms with Gasteiger partial charge in [-0.15, -0.1) is 0 Å². The smallest absolute Gasteiger partial charge is 0.253 e.